The van der Waals surface area contributed by atoms with E-state index >= 15 is 0 Å². The van der Waals surface area contributed by atoms with Gasteiger partial charge in [-0.3, -0.25) is 4.79 Å². The van der Waals surface area contributed by atoms with E-state index in [1.165, 1.54) is 0 Å². The van der Waals surface area contributed by atoms with Gasteiger partial charge in [-0.25, -0.2) is 0 Å². The van der Waals surface area contributed by atoms with Crippen molar-refractivity contribution in [3.05, 3.63) is 35.5 Å². The zero-order valence-electron chi connectivity index (χ0n) is 11.5. The van der Waals surface area contributed by atoms with Crippen molar-refractivity contribution in [1.29, 1.82) is 0 Å². The van der Waals surface area contributed by atoms with Crippen LogP contribution in [0.4, 0.5) is 0 Å². The van der Waals surface area contributed by atoms with E-state index in [1.54, 1.807) is 18.2 Å². The summed E-state index contributed by atoms with van der Waals surface area (Å²) in [6, 6.07) is 4.99. The van der Waals surface area contributed by atoms with Gasteiger partial charge in [0.2, 0.25) is 0 Å². The van der Waals surface area contributed by atoms with Crippen molar-refractivity contribution in [3.63, 3.8) is 0 Å². The first kappa shape index (κ1) is 14.0. The van der Waals surface area contributed by atoms with Gasteiger partial charge in [0.25, 0.3) is 5.89 Å². The van der Waals surface area contributed by atoms with E-state index in [-0.39, 0.29) is 6.61 Å². The van der Waals surface area contributed by atoms with E-state index < -0.39 is 0 Å². The molecule has 0 spiro atoms. The quantitative estimate of drug-likeness (QED) is 0.723. The molecule has 20 heavy (non-hydrogen) atoms. The molecule has 1 heterocycles. The zero-order chi connectivity index (χ0) is 14.4. The first-order valence-electron chi connectivity index (χ1n) is 6.43. The van der Waals surface area contributed by atoms with Gasteiger partial charge in [-0.2, -0.15) is 4.98 Å². The SMILES string of the molecule is CCOc1cc(C=O)ccc1OCc1nc(CC)no1. The maximum Gasteiger partial charge on any atom is 0.264 e. The molecule has 0 atom stereocenters. The molecule has 0 bridgehead atoms. The molecule has 0 saturated heterocycles. The van der Waals surface area contributed by atoms with E-state index in [9.17, 15) is 4.79 Å². The molecule has 1 aromatic heterocycles. The van der Waals surface area contributed by atoms with E-state index in [2.05, 4.69) is 10.1 Å². The summed E-state index contributed by atoms with van der Waals surface area (Å²) in [5, 5.41) is 3.79. The highest BCUT2D eigenvalue weighted by atomic mass is 16.5. The summed E-state index contributed by atoms with van der Waals surface area (Å²) in [7, 11) is 0. The summed E-state index contributed by atoms with van der Waals surface area (Å²) in [5.41, 5.74) is 0.534. The predicted octanol–water partition coefficient (Wildman–Crippen LogP) is 2.42. The van der Waals surface area contributed by atoms with Crippen molar-refractivity contribution in [3.8, 4) is 11.5 Å². The Morgan fingerprint density at radius 2 is 2.10 bits per heavy atom. The number of carbonyl (C=O) groups excluding carboxylic acids is 1. The molecule has 0 radical (unpaired) electrons. The van der Waals surface area contributed by atoms with Gasteiger partial charge in [-0.05, 0) is 25.1 Å². The molecule has 6 heteroatoms. The van der Waals surface area contributed by atoms with Crippen LogP contribution in [0.15, 0.2) is 22.7 Å². The molecule has 0 fully saturated rings. The van der Waals surface area contributed by atoms with Gasteiger partial charge in [0.15, 0.2) is 23.9 Å². The number of nitrogens with zero attached hydrogens (tertiary/aromatic N) is 2. The average molecular weight is 276 g/mol. The Kier molecular flexibility index (Phi) is 4.70. The van der Waals surface area contributed by atoms with Crippen LogP contribution in [0, 0.1) is 0 Å². The van der Waals surface area contributed by atoms with Gasteiger partial charge >= 0.3 is 0 Å². The van der Waals surface area contributed by atoms with Gasteiger partial charge < -0.3 is 14.0 Å². The Hall–Kier alpha value is -2.37. The number of benzene rings is 1. The number of hydrogen-bond acceptors (Lipinski definition) is 6. The molecule has 1 aromatic carbocycles. The normalized spacial score (nSPS) is 10.3. The second-order valence-electron chi connectivity index (χ2n) is 4.00. The van der Waals surface area contributed by atoms with Crippen LogP contribution in [0.2, 0.25) is 0 Å². The van der Waals surface area contributed by atoms with Crippen molar-refractivity contribution >= 4 is 6.29 Å². The largest absolute Gasteiger partial charge is 0.490 e. The lowest BCUT2D eigenvalue weighted by molar-refractivity contribution is 0.112. The highest BCUT2D eigenvalue weighted by Crippen LogP contribution is 2.28. The minimum Gasteiger partial charge on any atom is -0.490 e. The maximum absolute atomic E-state index is 10.8. The highest BCUT2D eigenvalue weighted by Gasteiger charge is 2.10. The van der Waals surface area contributed by atoms with Crippen LogP contribution in [0.5, 0.6) is 11.5 Å². The standard InChI is InChI=1S/C14H16N2O4/c1-3-13-15-14(20-16-13)9-19-11-6-5-10(8-17)7-12(11)18-4-2/h5-8H,3-4,9H2,1-2H3. The summed E-state index contributed by atoms with van der Waals surface area (Å²) >= 11 is 0. The fraction of sp³-hybridized carbons (Fsp3) is 0.357. The van der Waals surface area contributed by atoms with Crippen molar-refractivity contribution in [2.75, 3.05) is 6.61 Å². The number of hydrogen-bond donors (Lipinski definition) is 0. The van der Waals surface area contributed by atoms with Crippen molar-refractivity contribution < 1.29 is 18.8 Å². The first-order valence-corrected chi connectivity index (χ1v) is 6.43. The van der Waals surface area contributed by atoms with Crippen molar-refractivity contribution in [1.82, 2.24) is 10.1 Å². The van der Waals surface area contributed by atoms with E-state index in [1.807, 2.05) is 13.8 Å². The van der Waals surface area contributed by atoms with Crippen LogP contribution < -0.4 is 9.47 Å². The average Bonchev–Trinajstić information content (AvgIpc) is 2.94. The third-order valence-corrected chi connectivity index (χ3v) is 2.58. The van der Waals surface area contributed by atoms with E-state index in [4.69, 9.17) is 14.0 Å². The van der Waals surface area contributed by atoms with Gasteiger partial charge in [0, 0.05) is 12.0 Å². The van der Waals surface area contributed by atoms with E-state index in [0.29, 0.717) is 41.8 Å². The number of carbonyl (C=O) groups is 1. The number of aryl methyl sites for hydroxylation is 1. The molecule has 0 saturated carbocycles. The third kappa shape index (κ3) is 3.34. The molecular weight excluding hydrogens is 260 g/mol. The summed E-state index contributed by atoms with van der Waals surface area (Å²) < 4.78 is 16.1. The van der Waals surface area contributed by atoms with Crippen LogP contribution in [-0.4, -0.2) is 23.0 Å². The summed E-state index contributed by atoms with van der Waals surface area (Å²) in [4.78, 5) is 14.9. The Labute approximate surface area is 116 Å². The monoisotopic (exact) mass is 276 g/mol. The van der Waals surface area contributed by atoms with Gasteiger partial charge in [-0.15, -0.1) is 0 Å². The molecule has 0 aliphatic heterocycles. The number of ether oxygens (including phenoxy) is 2. The predicted molar refractivity (Wildman–Crippen MR) is 71.0 cm³/mol. The Balaban J connectivity index is 2.09. The second kappa shape index (κ2) is 6.70. The molecule has 6 nitrogen and oxygen atoms in total. The Bertz CT molecular complexity index is 580. The molecule has 2 rings (SSSR count). The van der Waals surface area contributed by atoms with Gasteiger partial charge in [0.1, 0.15) is 6.29 Å². The summed E-state index contributed by atoms with van der Waals surface area (Å²) in [6.45, 7) is 4.45. The molecule has 0 aliphatic rings. The van der Waals surface area contributed by atoms with Crippen LogP contribution in [0.1, 0.15) is 35.9 Å². The molecule has 0 unspecified atom stereocenters. The molecule has 2 aromatic rings. The van der Waals surface area contributed by atoms with Gasteiger partial charge in [0.05, 0.1) is 6.61 Å². The van der Waals surface area contributed by atoms with Crippen LogP contribution in [0.25, 0.3) is 0 Å². The fourth-order valence-corrected chi connectivity index (χ4v) is 1.62. The second-order valence-corrected chi connectivity index (χ2v) is 4.00. The molecule has 106 valence electrons. The Morgan fingerprint density at radius 1 is 1.25 bits per heavy atom. The molecule has 0 amide bonds. The van der Waals surface area contributed by atoms with Crippen molar-refractivity contribution in [2.45, 2.75) is 26.9 Å². The lowest BCUT2D eigenvalue weighted by Crippen LogP contribution is -2.00. The van der Waals surface area contributed by atoms with Crippen LogP contribution in [-0.2, 0) is 13.0 Å². The molecular formula is C14H16N2O4. The van der Waals surface area contributed by atoms with Crippen LogP contribution >= 0.6 is 0 Å². The van der Waals surface area contributed by atoms with Crippen LogP contribution in [0.3, 0.4) is 0 Å². The molecule has 0 aliphatic carbocycles. The number of aromatic nitrogens is 2. The maximum atomic E-state index is 10.8. The summed E-state index contributed by atoms with van der Waals surface area (Å²) in [5.74, 6) is 2.11. The smallest absolute Gasteiger partial charge is 0.264 e. The Morgan fingerprint density at radius 3 is 2.75 bits per heavy atom. The third-order valence-electron chi connectivity index (χ3n) is 2.58. The van der Waals surface area contributed by atoms with Gasteiger partial charge in [-0.1, -0.05) is 12.1 Å². The fourth-order valence-electron chi connectivity index (χ4n) is 1.62. The highest BCUT2D eigenvalue weighted by molar-refractivity contribution is 5.76. The number of rotatable bonds is 7. The minimum atomic E-state index is 0.160. The first-order chi connectivity index (χ1) is 9.76. The zero-order valence-corrected chi connectivity index (χ0v) is 11.5. The summed E-state index contributed by atoms with van der Waals surface area (Å²) in [6.07, 6.45) is 1.47. The van der Waals surface area contributed by atoms with Crippen molar-refractivity contribution in [2.24, 2.45) is 0 Å². The lowest BCUT2D eigenvalue weighted by atomic mass is 10.2. The topological polar surface area (TPSA) is 74.5 Å². The van der Waals surface area contributed by atoms with E-state index in [0.717, 1.165) is 6.29 Å². The minimum absolute atomic E-state index is 0.160. The lowest BCUT2D eigenvalue weighted by Gasteiger charge is -2.10. The molecule has 0 N–H and O–H groups in total. The number of aldehydes is 1.